The van der Waals surface area contributed by atoms with Crippen LogP contribution in [0.3, 0.4) is 0 Å². The van der Waals surface area contributed by atoms with Crippen LogP contribution in [0.25, 0.3) is 10.2 Å². The van der Waals surface area contributed by atoms with Gasteiger partial charge in [-0.1, -0.05) is 42.1 Å². The second kappa shape index (κ2) is 8.20. The maximum atomic E-state index is 12.6. The molecule has 2 aromatic carbocycles. The van der Waals surface area contributed by atoms with Crippen molar-refractivity contribution in [3.63, 3.8) is 0 Å². The van der Waals surface area contributed by atoms with Crippen molar-refractivity contribution in [2.24, 2.45) is 0 Å². The van der Waals surface area contributed by atoms with Gasteiger partial charge in [-0.25, -0.2) is 4.98 Å². The van der Waals surface area contributed by atoms with Crippen LogP contribution in [0.5, 0.6) is 0 Å². The monoisotopic (exact) mass is 384 g/mol. The SMILES string of the molecule is O=C(NCC1CCCO1)c1ccccc1CSc1nc2ccccc2s1. The lowest BCUT2D eigenvalue weighted by Gasteiger charge is -2.12. The molecule has 0 aliphatic carbocycles. The molecule has 1 N–H and O–H groups in total. The number of amides is 1. The maximum absolute atomic E-state index is 12.6. The van der Waals surface area contributed by atoms with Crippen molar-refractivity contribution in [1.82, 2.24) is 10.3 Å². The molecule has 1 unspecified atom stereocenters. The fourth-order valence-electron chi connectivity index (χ4n) is 3.03. The van der Waals surface area contributed by atoms with Gasteiger partial charge in [0.1, 0.15) is 0 Å². The maximum Gasteiger partial charge on any atom is 0.251 e. The molecule has 4 nitrogen and oxygen atoms in total. The van der Waals surface area contributed by atoms with Gasteiger partial charge >= 0.3 is 0 Å². The molecule has 1 aliphatic rings. The number of fused-ring (bicyclic) bond motifs is 1. The van der Waals surface area contributed by atoms with E-state index in [1.807, 2.05) is 42.5 Å². The minimum Gasteiger partial charge on any atom is -0.376 e. The number of para-hydroxylation sites is 1. The first kappa shape index (κ1) is 17.5. The van der Waals surface area contributed by atoms with Crippen LogP contribution in [0.15, 0.2) is 52.9 Å². The normalized spacial score (nSPS) is 16.8. The third-order valence-electron chi connectivity index (χ3n) is 4.40. The molecule has 1 aliphatic heterocycles. The number of carbonyl (C=O) groups is 1. The summed E-state index contributed by atoms with van der Waals surface area (Å²) in [4.78, 5) is 17.2. The lowest BCUT2D eigenvalue weighted by Crippen LogP contribution is -2.32. The highest BCUT2D eigenvalue weighted by Crippen LogP contribution is 2.32. The zero-order chi connectivity index (χ0) is 17.8. The van der Waals surface area contributed by atoms with Crippen LogP contribution in [0.1, 0.15) is 28.8 Å². The topological polar surface area (TPSA) is 51.2 Å². The summed E-state index contributed by atoms with van der Waals surface area (Å²) < 4.78 is 7.80. The van der Waals surface area contributed by atoms with E-state index in [1.54, 1.807) is 23.1 Å². The van der Waals surface area contributed by atoms with E-state index in [1.165, 1.54) is 4.70 Å². The Kier molecular flexibility index (Phi) is 5.53. The van der Waals surface area contributed by atoms with E-state index in [2.05, 4.69) is 16.4 Å². The van der Waals surface area contributed by atoms with Crippen molar-refractivity contribution < 1.29 is 9.53 Å². The number of nitrogens with one attached hydrogen (secondary N) is 1. The fraction of sp³-hybridized carbons (Fsp3) is 0.300. The number of rotatable bonds is 6. The molecule has 1 atom stereocenters. The summed E-state index contributed by atoms with van der Waals surface area (Å²) in [5.74, 6) is 0.699. The van der Waals surface area contributed by atoms with Crippen molar-refractivity contribution in [3.05, 3.63) is 59.7 Å². The summed E-state index contributed by atoms with van der Waals surface area (Å²) in [6.45, 7) is 1.38. The first-order valence-corrected chi connectivity index (χ1v) is 10.6. The van der Waals surface area contributed by atoms with Gasteiger partial charge in [-0.3, -0.25) is 4.79 Å². The number of aromatic nitrogens is 1. The Hall–Kier alpha value is -1.89. The molecule has 0 radical (unpaired) electrons. The molecule has 2 heterocycles. The number of carbonyl (C=O) groups excluding carboxylic acids is 1. The van der Waals surface area contributed by atoms with Gasteiger partial charge in [-0.05, 0) is 36.6 Å². The molecule has 4 rings (SSSR count). The third kappa shape index (κ3) is 4.09. The molecule has 6 heteroatoms. The van der Waals surface area contributed by atoms with E-state index >= 15 is 0 Å². The van der Waals surface area contributed by atoms with Crippen molar-refractivity contribution in [1.29, 1.82) is 0 Å². The number of ether oxygens (including phenoxy) is 1. The van der Waals surface area contributed by atoms with Gasteiger partial charge < -0.3 is 10.1 Å². The van der Waals surface area contributed by atoms with Gasteiger partial charge in [0, 0.05) is 24.5 Å². The van der Waals surface area contributed by atoms with Crippen LogP contribution < -0.4 is 5.32 Å². The molecule has 3 aromatic rings. The van der Waals surface area contributed by atoms with Crippen LogP contribution in [-0.2, 0) is 10.5 Å². The number of hydrogen-bond acceptors (Lipinski definition) is 5. The van der Waals surface area contributed by atoms with Crippen LogP contribution in [-0.4, -0.2) is 30.1 Å². The molecule has 1 aromatic heterocycles. The molecule has 134 valence electrons. The van der Waals surface area contributed by atoms with Gasteiger partial charge in [-0.2, -0.15) is 0 Å². The highest BCUT2D eigenvalue weighted by atomic mass is 32.2. The molecule has 1 saturated heterocycles. The van der Waals surface area contributed by atoms with E-state index in [0.717, 1.165) is 46.2 Å². The standard InChI is InChI=1S/C20H20N2O2S2/c23-19(21-12-15-7-5-11-24-15)16-8-2-1-6-14(16)13-25-20-22-17-9-3-4-10-18(17)26-20/h1-4,6,8-10,15H,5,7,11-13H2,(H,21,23). The Labute approximate surface area is 161 Å². The van der Waals surface area contributed by atoms with Crippen LogP contribution in [0.2, 0.25) is 0 Å². The minimum absolute atomic E-state index is 0.0269. The van der Waals surface area contributed by atoms with E-state index in [0.29, 0.717) is 6.54 Å². The Morgan fingerprint density at radius 1 is 1.23 bits per heavy atom. The summed E-state index contributed by atoms with van der Waals surface area (Å²) in [5.41, 5.74) is 2.79. The molecule has 1 amide bonds. The molecule has 0 spiro atoms. The van der Waals surface area contributed by atoms with Crippen LogP contribution in [0, 0.1) is 0 Å². The van der Waals surface area contributed by atoms with Crippen molar-refractivity contribution in [2.45, 2.75) is 29.0 Å². The largest absolute Gasteiger partial charge is 0.376 e. The minimum atomic E-state index is -0.0269. The van der Waals surface area contributed by atoms with Crippen molar-refractivity contribution >= 4 is 39.2 Å². The van der Waals surface area contributed by atoms with E-state index in [-0.39, 0.29) is 12.0 Å². The van der Waals surface area contributed by atoms with E-state index in [9.17, 15) is 4.79 Å². The summed E-state index contributed by atoms with van der Waals surface area (Å²) in [6.07, 6.45) is 2.26. The van der Waals surface area contributed by atoms with Crippen LogP contribution in [0.4, 0.5) is 0 Å². The Morgan fingerprint density at radius 2 is 2.08 bits per heavy atom. The third-order valence-corrected chi connectivity index (χ3v) is 6.63. The van der Waals surface area contributed by atoms with E-state index < -0.39 is 0 Å². The lowest BCUT2D eigenvalue weighted by atomic mass is 10.1. The molecule has 26 heavy (non-hydrogen) atoms. The van der Waals surface area contributed by atoms with Gasteiger partial charge in [0.25, 0.3) is 5.91 Å². The second-order valence-corrected chi connectivity index (χ2v) is 8.49. The Morgan fingerprint density at radius 3 is 2.92 bits per heavy atom. The zero-order valence-corrected chi connectivity index (χ0v) is 15.9. The molecular formula is C20H20N2O2S2. The quantitative estimate of drug-likeness (QED) is 0.636. The number of thioether (sulfide) groups is 1. The molecule has 1 fully saturated rings. The predicted molar refractivity (Wildman–Crippen MR) is 107 cm³/mol. The highest BCUT2D eigenvalue weighted by Gasteiger charge is 2.18. The second-order valence-electron chi connectivity index (χ2n) is 6.24. The Balaban J connectivity index is 1.42. The molecule has 0 saturated carbocycles. The summed E-state index contributed by atoms with van der Waals surface area (Å²) in [7, 11) is 0. The number of benzene rings is 2. The van der Waals surface area contributed by atoms with Crippen LogP contribution >= 0.6 is 23.1 Å². The summed E-state index contributed by atoms with van der Waals surface area (Å²) in [5, 5.41) is 3.01. The van der Waals surface area contributed by atoms with Gasteiger partial charge in [0.2, 0.25) is 0 Å². The van der Waals surface area contributed by atoms with Gasteiger partial charge in [-0.15, -0.1) is 11.3 Å². The summed E-state index contributed by atoms with van der Waals surface area (Å²) >= 11 is 3.37. The number of hydrogen-bond donors (Lipinski definition) is 1. The zero-order valence-electron chi connectivity index (χ0n) is 14.3. The predicted octanol–water partition coefficient (Wildman–Crippen LogP) is 4.50. The first-order chi connectivity index (χ1) is 12.8. The van der Waals surface area contributed by atoms with Gasteiger partial charge in [0.05, 0.1) is 16.3 Å². The van der Waals surface area contributed by atoms with Gasteiger partial charge in [0.15, 0.2) is 4.34 Å². The average Bonchev–Trinajstić information content (AvgIpc) is 3.33. The smallest absolute Gasteiger partial charge is 0.251 e. The highest BCUT2D eigenvalue weighted by molar-refractivity contribution is 8.00. The average molecular weight is 385 g/mol. The lowest BCUT2D eigenvalue weighted by molar-refractivity contribution is 0.0857. The van der Waals surface area contributed by atoms with Crippen molar-refractivity contribution in [3.8, 4) is 0 Å². The number of nitrogens with zero attached hydrogens (tertiary/aromatic N) is 1. The number of thiazole rings is 1. The Bertz CT molecular complexity index is 870. The fourth-order valence-corrected chi connectivity index (χ4v) is 5.10. The van der Waals surface area contributed by atoms with E-state index in [4.69, 9.17) is 4.74 Å². The van der Waals surface area contributed by atoms with Crippen molar-refractivity contribution in [2.75, 3.05) is 13.2 Å². The molecule has 0 bridgehead atoms. The first-order valence-electron chi connectivity index (χ1n) is 8.76. The molecular weight excluding hydrogens is 364 g/mol. The summed E-state index contributed by atoms with van der Waals surface area (Å²) in [6, 6.07) is 15.9.